The van der Waals surface area contributed by atoms with Crippen molar-refractivity contribution in [3.05, 3.63) is 36.9 Å². The van der Waals surface area contributed by atoms with E-state index in [9.17, 15) is 4.79 Å². The number of benzene rings is 1. The standard InChI is InChI=1S/C6H6O2.C4H7NO2/c7-5-2-1-3-6(8)4-5;1-2-4(7)5-3-6/h1-4,7-8H;2,6H,1,3H2,(H,5,7). The van der Waals surface area contributed by atoms with Crippen molar-refractivity contribution in [3.8, 4) is 11.5 Å². The Labute approximate surface area is 87.3 Å². The maximum Gasteiger partial charge on any atom is 0.245 e. The molecule has 1 amide bonds. The number of aromatic hydroxyl groups is 2. The van der Waals surface area contributed by atoms with Gasteiger partial charge in [-0.1, -0.05) is 12.6 Å². The number of carbonyl (C=O) groups is 1. The van der Waals surface area contributed by atoms with Crippen LogP contribution in [0.25, 0.3) is 0 Å². The van der Waals surface area contributed by atoms with Gasteiger partial charge in [-0.05, 0) is 18.2 Å². The van der Waals surface area contributed by atoms with Gasteiger partial charge in [0, 0.05) is 6.07 Å². The molecular weight excluding hydrogens is 198 g/mol. The predicted molar refractivity (Wildman–Crippen MR) is 55.2 cm³/mol. The first-order valence-corrected chi connectivity index (χ1v) is 4.09. The molecule has 0 saturated carbocycles. The highest BCUT2D eigenvalue weighted by Crippen LogP contribution is 2.14. The minimum Gasteiger partial charge on any atom is -0.508 e. The lowest BCUT2D eigenvalue weighted by molar-refractivity contribution is -0.117. The Morgan fingerprint density at radius 1 is 1.40 bits per heavy atom. The molecule has 0 bridgehead atoms. The van der Waals surface area contributed by atoms with E-state index in [2.05, 4.69) is 11.9 Å². The summed E-state index contributed by atoms with van der Waals surface area (Å²) in [7, 11) is 0. The molecule has 0 fully saturated rings. The van der Waals surface area contributed by atoms with E-state index in [-0.39, 0.29) is 24.1 Å². The van der Waals surface area contributed by atoms with Crippen LogP contribution in [0.15, 0.2) is 36.9 Å². The Hall–Kier alpha value is -2.01. The molecule has 0 aliphatic carbocycles. The number of rotatable bonds is 2. The highest BCUT2D eigenvalue weighted by molar-refractivity contribution is 5.86. The number of carbonyl (C=O) groups excluding carboxylic acids is 1. The van der Waals surface area contributed by atoms with Crippen molar-refractivity contribution in [1.29, 1.82) is 0 Å². The molecule has 0 unspecified atom stereocenters. The largest absolute Gasteiger partial charge is 0.508 e. The first-order valence-electron chi connectivity index (χ1n) is 4.09. The van der Waals surface area contributed by atoms with Crippen molar-refractivity contribution in [2.45, 2.75) is 0 Å². The van der Waals surface area contributed by atoms with E-state index >= 15 is 0 Å². The number of hydrogen-bond donors (Lipinski definition) is 4. The van der Waals surface area contributed by atoms with Crippen LogP contribution in [0.1, 0.15) is 0 Å². The molecular formula is C10H13NO4. The Bertz CT molecular complexity index is 308. The molecule has 5 nitrogen and oxygen atoms in total. The van der Waals surface area contributed by atoms with Gasteiger partial charge >= 0.3 is 0 Å². The third kappa shape index (κ3) is 7.09. The fourth-order valence-corrected chi connectivity index (χ4v) is 0.643. The summed E-state index contributed by atoms with van der Waals surface area (Å²) in [6.07, 6.45) is 1.09. The fraction of sp³-hybridized carbons (Fsp3) is 0.100. The van der Waals surface area contributed by atoms with Gasteiger partial charge in [0.05, 0.1) is 0 Å². The molecule has 15 heavy (non-hydrogen) atoms. The first-order chi connectivity index (χ1) is 7.10. The smallest absolute Gasteiger partial charge is 0.245 e. The van der Waals surface area contributed by atoms with E-state index in [1.165, 1.54) is 18.2 Å². The molecule has 0 radical (unpaired) electrons. The zero-order valence-electron chi connectivity index (χ0n) is 8.05. The van der Waals surface area contributed by atoms with E-state index in [1.54, 1.807) is 6.07 Å². The van der Waals surface area contributed by atoms with E-state index in [1.807, 2.05) is 0 Å². The maximum atomic E-state index is 10.0. The van der Waals surface area contributed by atoms with Gasteiger partial charge in [0.25, 0.3) is 0 Å². The van der Waals surface area contributed by atoms with Crippen LogP contribution in [0.4, 0.5) is 0 Å². The lowest BCUT2D eigenvalue weighted by Crippen LogP contribution is -2.20. The number of hydrogen-bond acceptors (Lipinski definition) is 4. The van der Waals surface area contributed by atoms with Crippen LogP contribution in [0.3, 0.4) is 0 Å². The number of amides is 1. The molecule has 5 heteroatoms. The van der Waals surface area contributed by atoms with Crippen LogP contribution in [0.2, 0.25) is 0 Å². The summed E-state index contributed by atoms with van der Waals surface area (Å²) >= 11 is 0. The van der Waals surface area contributed by atoms with Crippen molar-refractivity contribution in [2.24, 2.45) is 0 Å². The summed E-state index contributed by atoms with van der Waals surface area (Å²) in [6.45, 7) is 2.83. The molecule has 1 rings (SSSR count). The van der Waals surface area contributed by atoms with Gasteiger partial charge in [-0.15, -0.1) is 0 Å². The third-order valence-electron chi connectivity index (χ3n) is 1.27. The third-order valence-corrected chi connectivity index (χ3v) is 1.27. The van der Waals surface area contributed by atoms with Crippen molar-refractivity contribution < 1.29 is 20.1 Å². The minimum absolute atomic E-state index is 0.0880. The van der Waals surface area contributed by atoms with Crippen LogP contribution < -0.4 is 5.32 Å². The van der Waals surface area contributed by atoms with E-state index < -0.39 is 0 Å². The summed E-state index contributed by atoms with van der Waals surface area (Å²) in [5, 5.41) is 27.4. The highest BCUT2D eigenvalue weighted by atomic mass is 16.3. The quantitative estimate of drug-likeness (QED) is 0.419. The van der Waals surface area contributed by atoms with Crippen molar-refractivity contribution >= 4 is 5.91 Å². The molecule has 1 aromatic rings. The molecule has 0 spiro atoms. The van der Waals surface area contributed by atoms with Gasteiger partial charge in [-0.2, -0.15) is 0 Å². The van der Waals surface area contributed by atoms with Crippen LogP contribution in [0, 0.1) is 0 Å². The molecule has 0 aromatic heterocycles. The second-order valence-electron chi connectivity index (χ2n) is 2.42. The SMILES string of the molecule is C=CC(=O)NCO.Oc1cccc(O)c1. The van der Waals surface area contributed by atoms with Crippen LogP contribution >= 0.6 is 0 Å². The summed E-state index contributed by atoms with van der Waals surface area (Å²) in [5.41, 5.74) is 0. The van der Waals surface area contributed by atoms with Crippen LogP contribution in [-0.2, 0) is 4.79 Å². The summed E-state index contributed by atoms with van der Waals surface area (Å²) < 4.78 is 0. The monoisotopic (exact) mass is 211 g/mol. The van der Waals surface area contributed by atoms with Crippen molar-refractivity contribution in [1.82, 2.24) is 5.32 Å². The van der Waals surface area contributed by atoms with Gasteiger partial charge in [0.1, 0.15) is 18.2 Å². The topological polar surface area (TPSA) is 89.8 Å². The van der Waals surface area contributed by atoms with E-state index in [0.717, 1.165) is 6.08 Å². The number of phenolic OH excluding ortho intramolecular Hbond substituents is 2. The van der Waals surface area contributed by atoms with Crippen LogP contribution in [0.5, 0.6) is 11.5 Å². The number of aliphatic hydroxyl groups is 1. The predicted octanol–water partition coefficient (Wildman–Crippen LogP) is 0.336. The van der Waals surface area contributed by atoms with E-state index in [4.69, 9.17) is 15.3 Å². The van der Waals surface area contributed by atoms with Gasteiger partial charge < -0.3 is 20.6 Å². The molecule has 0 atom stereocenters. The van der Waals surface area contributed by atoms with Crippen molar-refractivity contribution in [3.63, 3.8) is 0 Å². The second-order valence-corrected chi connectivity index (χ2v) is 2.42. The average molecular weight is 211 g/mol. The summed E-state index contributed by atoms with van der Waals surface area (Å²) in [4.78, 5) is 10.0. The molecule has 0 saturated heterocycles. The molecule has 0 heterocycles. The maximum absolute atomic E-state index is 10.0. The minimum atomic E-state index is -0.359. The molecule has 1 aromatic carbocycles. The average Bonchev–Trinajstić information content (AvgIpc) is 2.18. The Kier molecular flexibility index (Phi) is 6.41. The van der Waals surface area contributed by atoms with Gasteiger partial charge in [0.15, 0.2) is 0 Å². The summed E-state index contributed by atoms with van der Waals surface area (Å²) in [6, 6.07) is 5.85. The van der Waals surface area contributed by atoms with Gasteiger partial charge in [-0.3, -0.25) is 4.79 Å². The lowest BCUT2D eigenvalue weighted by Gasteiger charge is -1.89. The van der Waals surface area contributed by atoms with Gasteiger partial charge in [-0.25, -0.2) is 0 Å². The molecule has 0 aliphatic heterocycles. The number of nitrogens with one attached hydrogen (secondary N) is 1. The molecule has 0 aliphatic rings. The van der Waals surface area contributed by atoms with Crippen molar-refractivity contribution in [2.75, 3.05) is 6.73 Å². The molecule has 4 N–H and O–H groups in total. The zero-order chi connectivity index (χ0) is 11.7. The number of aliphatic hydroxyl groups excluding tert-OH is 1. The number of phenols is 2. The van der Waals surface area contributed by atoms with Crippen LogP contribution in [-0.4, -0.2) is 28.0 Å². The normalized spacial score (nSPS) is 8.33. The highest BCUT2D eigenvalue weighted by Gasteiger charge is 1.85. The Morgan fingerprint density at radius 2 is 1.93 bits per heavy atom. The molecule has 82 valence electrons. The first kappa shape index (κ1) is 13.0. The Morgan fingerprint density at radius 3 is 2.13 bits per heavy atom. The zero-order valence-corrected chi connectivity index (χ0v) is 8.05. The van der Waals surface area contributed by atoms with E-state index in [0.29, 0.717) is 0 Å². The van der Waals surface area contributed by atoms with Gasteiger partial charge in [0.2, 0.25) is 5.91 Å². The second kappa shape index (κ2) is 7.40. The fourth-order valence-electron chi connectivity index (χ4n) is 0.643. The lowest BCUT2D eigenvalue weighted by atomic mass is 10.3. The Balaban J connectivity index is 0.000000265. The summed E-state index contributed by atoms with van der Waals surface area (Å²) in [5.74, 6) is -0.183.